The average molecular weight is 449 g/mol. The third kappa shape index (κ3) is 4.81. The van der Waals surface area contributed by atoms with Gasteiger partial charge in [-0.2, -0.15) is 5.10 Å². The van der Waals surface area contributed by atoms with Crippen molar-refractivity contribution in [1.29, 1.82) is 0 Å². The number of carbonyl (C=O) groups is 2. The molecule has 0 aliphatic heterocycles. The molecule has 32 heavy (non-hydrogen) atoms. The third-order valence-corrected chi connectivity index (χ3v) is 5.70. The van der Waals surface area contributed by atoms with Crippen molar-refractivity contribution in [2.45, 2.75) is 20.4 Å². The zero-order valence-corrected chi connectivity index (χ0v) is 18.2. The number of pyridine rings is 1. The van der Waals surface area contributed by atoms with Gasteiger partial charge in [0.1, 0.15) is 6.54 Å². The van der Waals surface area contributed by atoms with E-state index in [-0.39, 0.29) is 17.7 Å². The number of aromatic nitrogens is 4. The molecule has 3 aromatic heterocycles. The monoisotopic (exact) mass is 448 g/mol. The molecule has 0 saturated heterocycles. The van der Waals surface area contributed by atoms with Crippen LogP contribution in [0.3, 0.4) is 0 Å². The summed E-state index contributed by atoms with van der Waals surface area (Å²) in [7, 11) is 0. The number of benzene rings is 1. The molecule has 0 radical (unpaired) electrons. The molecule has 0 fully saturated rings. The smallest absolute Gasteiger partial charge is 0.257 e. The molecule has 2 amide bonds. The lowest BCUT2D eigenvalue weighted by Gasteiger charge is -2.10. The van der Waals surface area contributed by atoms with E-state index in [9.17, 15) is 14.4 Å². The maximum absolute atomic E-state index is 12.7. The first kappa shape index (κ1) is 21.2. The number of thiazole rings is 1. The number of rotatable bonds is 6. The largest absolute Gasteiger partial charge is 0.322 e. The van der Waals surface area contributed by atoms with E-state index in [1.807, 2.05) is 26.0 Å². The Morgan fingerprint density at radius 3 is 2.66 bits per heavy atom. The molecule has 0 atom stereocenters. The summed E-state index contributed by atoms with van der Waals surface area (Å²) in [4.78, 5) is 42.6. The molecule has 0 aliphatic carbocycles. The first-order valence-corrected chi connectivity index (χ1v) is 10.6. The van der Waals surface area contributed by atoms with Gasteiger partial charge in [0.2, 0.25) is 5.91 Å². The number of nitrogens with one attached hydrogen (secondary N) is 2. The SMILES string of the molecule is Cc1nc(NC(=O)Cn2cc(C(=O)Nc3cccc(-n4cccn4)c3)ccc2=O)sc1C. The Bertz CT molecular complexity index is 1320. The van der Waals surface area contributed by atoms with Crippen molar-refractivity contribution in [2.24, 2.45) is 0 Å². The molecule has 1 aromatic carbocycles. The summed E-state index contributed by atoms with van der Waals surface area (Å²) in [5.41, 5.74) is 2.08. The van der Waals surface area contributed by atoms with Gasteiger partial charge in [0.05, 0.1) is 16.9 Å². The number of hydrogen-bond donors (Lipinski definition) is 2. The van der Waals surface area contributed by atoms with E-state index in [4.69, 9.17) is 0 Å². The van der Waals surface area contributed by atoms with Crippen molar-refractivity contribution in [3.63, 3.8) is 0 Å². The van der Waals surface area contributed by atoms with Gasteiger partial charge in [0, 0.05) is 35.2 Å². The highest BCUT2D eigenvalue weighted by molar-refractivity contribution is 7.15. The van der Waals surface area contributed by atoms with Gasteiger partial charge >= 0.3 is 0 Å². The summed E-state index contributed by atoms with van der Waals surface area (Å²) in [6, 6.07) is 11.7. The van der Waals surface area contributed by atoms with Crippen LogP contribution < -0.4 is 16.2 Å². The Morgan fingerprint density at radius 1 is 1.09 bits per heavy atom. The fourth-order valence-electron chi connectivity index (χ4n) is 2.98. The zero-order valence-electron chi connectivity index (χ0n) is 17.4. The van der Waals surface area contributed by atoms with E-state index >= 15 is 0 Å². The molecule has 162 valence electrons. The molecular weight excluding hydrogens is 428 g/mol. The van der Waals surface area contributed by atoms with Crippen LogP contribution in [0, 0.1) is 13.8 Å². The second-order valence-electron chi connectivity index (χ2n) is 7.05. The van der Waals surface area contributed by atoms with E-state index in [1.165, 1.54) is 34.2 Å². The second-order valence-corrected chi connectivity index (χ2v) is 8.25. The quantitative estimate of drug-likeness (QED) is 0.471. The van der Waals surface area contributed by atoms with Gasteiger partial charge in [0.15, 0.2) is 5.13 Å². The van der Waals surface area contributed by atoms with E-state index < -0.39 is 11.8 Å². The highest BCUT2D eigenvalue weighted by atomic mass is 32.1. The maximum Gasteiger partial charge on any atom is 0.257 e. The molecule has 3 heterocycles. The average Bonchev–Trinajstić information content (AvgIpc) is 3.40. The van der Waals surface area contributed by atoms with Crippen LogP contribution in [0.15, 0.2) is 65.8 Å². The maximum atomic E-state index is 12.7. The first-order chi connectivity index (χ1) is 15.4. The molecule has 0 unspecified atom stereocenters. The number of nitrogens with zero attached hydrogens (tertiary/aromatic N) is 4. The van der Waals surface area contributed by atoms with Gasteiger partial charge in [0.25, 0.3) is 11.5 Å². The number of amides is 2. The van der Waals surface area contributed by atoms with E-state index in [0.717, 1.165) is 16.3 Å². The molecule has 0 bridgehead atoms. The molecule has 4 rings (SSSR count). The molecule has 0 aliphatic rings. The van der Waals surface area contributed by atoms with Crippen LogP contribution in [0.5, 0.6) is 0 Å². The van der Waals surface area contributed by atoms with Crippen LogP contribution >= 0.6 is 11.3 Å². The van der Waals surface area contributed by atoms with Crippen LogP contribution in [-0.2, 0) is 11.3 Å². The predicted molar refractivity (Wildman–Crippen MR) is 122 cm³/mol. The third-order valence-electron chi connectivity index (χ3n) is 4.71. The molecule has 2 N–H and O–H groups in total. The molecule has 0 saturated carbocycles. The molecule has 0 spiro atoms. The topological polar surface area (TPSA) is 111 Å². The predicted octanol–water partition coefficient (Wildman–Crippen LogP) is 3.00. The van der Waals surface area contributed by atoms with Crippen LogP contribution in [0.4, 0.5) is 10.8 Å². The molecule has 10 heteroatoms. The van der Waals surface area contributed by atoms with Crippen molar-refractivity contribution >= 4 is 34.0 Å². The van der Waals surface area contributed by atoms with Crippen molar-refractivity contribution in [3.05, 3.63) is 87.5 Å². The lowest BCUT2D eigenvalue weighted by molar-refractivity contribution is -0.116. The summed E-state index contributed by atoms with van der Waals surface area (Å²) in [6.07, 6.45) is 4.84. The van der Waals surface area contributed by atoms with Crippen molar-refractivity contribution < 1.29 is 9.59 Å². The van der Waals surface area contributed by atoms with Crippen LogP contribution in [0.1, 0.15) is 20.9 Å². The minimum Gasteiger partial charge on any atom is -0.322 e. The highest BCUT2D eigenvalue weighted by Gasteiger charge is 2.13. The second kappa shape index (κ2) is 8.98. The van der Waals surface area contributed by atoms with Gasteiger partial charge in [-0.25, -0.2) is 9.67 Å². The molecule has 9 nitrogen and oxygen atoms in total. The number of hydrogen-bond acceptors (Lipinski definition) is 6. The van der Waals surface area contributed by atoms with Crippen LogP contribution in [0.2, 0.25) is 0 Å². The minimum atomic E-state index is -0.400. The van der Waals surface area contributed by atoms with E-state index in [2.05, 4.69) is 20.7 Å². The van der Waals surface area contributed by atoms with Gasteiger partial charge < -0.3 is 15.2 Å². The summed E-state index contributed by atoms with van der Waals surface area (Å²) in [5, 5.41) is 10.1. The van der Waals surface area contributed by atoms with Crippen molar-refractivity contribution in [2.75, 3.05) is 10.6 Å². The number of anilines is 2. The van der Waals surface area contributed by atoms with E-state index in [1.54, 1.807) is 35.3 Å². The number of carbonyl (C=O) groups excluding carboxylic acids is 2. The molecule has 4 aromatic rings. The van der Waals surface area contributed by atoms with Gasteiger partial charge in [-0.1, -0.05) is 6.07 Å². The zero-order chi connectivity index (χ0) is 22.7. The normalized spacial score (nSPS) is 10.7. The first-order valence-electron chi connectivity index (χ1n) is 9.75. The van der Waals surface area contributed by atoms with E-state index in [0.29, 0.717) is 10.8 Å². The Hall–Kier alpha value is -4.05. The lowest BCUT2D eigenvalue weighted by Crippen LogP contribution is -2.28. The summed E-state index contributed by atoms with van der Waals surface area (Å²) in [5.74, 6) is -0.798. The van der Waals surface area contributed by atoms with Gasteiger partial charge in [-0.05, 0) is 44.2 Å². The minimum absolute atomic E-state index is 0.230. The van der Waals surface area contributed by atoms with Gasteiger partial charge in [-0.15, -0.1) is 11.3 Å². The lowest BCUT2D eigenvalue weighted by atomic mass is 10.2. The Balaban J connectivity index is 1.47. The standard InChI is InChI=1S/C22H20N6O3S/c1-14-15(2)32-22(24-14)26-19(29)13-27-12-16(7-8-20(27)30)21(31)25-17-5-3-6-18(11-17)28-10-4-9-23-28/h3-12H,13H2,1-2H3,(H,25,31)(H,24,26,29). The Kier molecular flexibility index (Phi) is 5.95. The van der Waals surface area contributed by atoms with Crippen LogP contribution in [-0.4, -0.2) is 31.1 Å². The van der Waals surface area contributed by atoms with Crippen LogP contribution in [0.25, 0.3) is 5.69 Å². The Labute approximate surface area is 187 Å². The highest BCUT2D eigenvalue weighted by Crippen LogP contribution is 2.21. The fraction of sp³-hybridized carbons (Fsp3) is 0.136. The van der Waals surface area contributed by atoms with Gasteiger partial charge in [-0.3, -0.25) is 14.4 Å². The Morgan fingerprint density at radius 2 is 1.94 bits per heavy atom. The summed E-state index contributed by atoms with van der Waals surface area (Å²) in [6.45, 7) is 3.55. The fourth-order valence-corrected chi connectivity index (χ4v) is 3.81. The molecular formula is C22H20N6O3S. The number of aryl methyl sites for hydroxylation is 2. The summed E-state index contributed by atoms with van der Waals surface area (Å²) < 4.78 is 2.87. The summed E-state index contributed by atoms with van der Waals surface area (Å²) >= 11 is 1.37. The van der Waals surface area contributed by atoms with Crippen molar-refractivity contribution in [1.82, 2.24) is 19.3 Å². The van der Waals surface area contributed by atoms with Crippen molar-refractivity contribution in [3.8, 4) is 5.69 Å².